The van der Waals surface area contributed by atoms with E-state index in [-0.39, 0.29) is 17.5 Å². The number of aryl methyl sites for hydroxylation is 1. The molecule has 6 nitrogen and oxygen atoms in total. The van der Waals surface area contributed by atoms with Crippen molar-refractivity contribution < 1.29 is 9.53 Å². The lowest BCUT2D eigenvalue weighted by atomic mass is 9.87. The van der Waals surface area contributed by atoms with Crippen LogP contribution >= 0.6 is 0 Å². The van der Waals surface area contributed by atoms with Gasteiger partial charge in [-0.15, -0.1) is 0 Å². The van der Waals surface area contributed by atoms with Crippen molar-refractivity contribution in [3.8, 4) is 5.75 Å². The molecule has 6 heteroatoms. The summed E-state index contributed by atoms with van der Waals surface area (Å²) in [5, 5.41) is 5.74. The normalized spacial score (nSPS) is 12.5. The Morgan fingerprint density at radius 2 is 2.00 bits per heavy atom. The van der Waals surface area contributed by atoms with E-state index in [9.17, 15) is 4.79 Å². The third-order valence-electron chi connectivity index (χ3n) is 4.04. The maximum Gasteiger partial charge on any atom is 0.315 e. The van der Waals surface area contributed by atoms with Gasteiger partial charge in [-0.05, 0) is 36.5 Å². The zero-order valence-corrected chi connectivity index (χ0v) is 16.2. The molecule has 2 N–H and O–H groups in total. The van der Waals surface area contributed by atoms with E-state index in [4.69, 9.17) is 4.74 Å². The fourth-order valence-electron chi connectivity index (χ4n) is 2.47. The smallest absolute Gasteiger partial charge is 0.315 e. The molecule has 2 rings (SSSR count). The van der Waals surface area contributed by atoms with E-state index in [1.165, 1.54) is 5.56 Å². The van der Waals surface area contributed by atoms with Crippen LogP contribution in [0.1, 0.15) is 39.7 Å². The molecule has 1 aromatic heterocycles. The first-order valence-corrected chi connectivity index (χ1v) is 9.08. The lowest BCUT2D eigenvalue weighted by Gasteiger charge is -2.20. The minimum atomic E-state index is -0.171. The molecule has 2 aromatic rings. The van der Waals surface area contributed by atoms with Gasteiger partial charge in [0.25, 0.3) is 0 Å². The monoisotopic (exact) mass is 358 g/mol. The van der Waals surface area contributed by atoms with E-state index in [0.29, 0.717) is 13.2 Å². The Balaban J connectivity index is 1.63. The van der Waals surface area contributed by atoms with Crippen LogP contribution in [-0.2, 0) is 12.0 Å². The lowest BCUT2D eigenvalue weighted by molar-refractivity contribution is 0.226. The first-order valence-electron chi connectivity index (χ1n) is 9.08. The van der Waals surface area contributed by atoms with Gasteiger partial charge in [-0.1, -0.05) is 32.9 Å². The molecule has 142 valence electrons. The molecule has 0 saturated carbocycles. The summed E-state index contributed by atoms with van der Waals surface area (Å²) < 4.78 is 7.75. The summed E-state index contributed by atoms with van der Waals surface area (Å²) in [4.78, 5) is 15.9. The SMILES string of the molecule is CC(COc1ccc(C(C)(C)C)cc1)NC(=O)NCCCn1ccnc1. The number of nitrogens with one attached hydrogen (secondary N) is 2. The van der Waals surface area contributed by atoms with Crippen LogP contribution in [0.25, 0.3) is 0 Å². The van der Waals surface area contributed by atoms with Crippen LogP contribution in [0.5, 0.6) is 5.75 Å². The summed E-state index contributed by atoms with van der Waals surface area (Å²) >= 11 is 0. The number of benzene rings is 1. The molecule has 0 saturated heterocycles. The number of hydrogen-bond acceptors (Lipinski definition) is 3. The number of carbonyl (C=O) groups is 1. The number of nitrogens with zero attached hydrogens (tertiary/aromatic N) is 2. The average Bonchev–Trinajstić information content (AvgIpc) is 3.10. The number of urea groups is 1. The van der Waals surface area contributed by atoms with Crippen molar-refractivity contribution in [1.29, 1.82) is 0 Å². The summed E-state index contributed by atoms with van der Waals surface area (Å²) in [6.45, 7) is 10.4. The topological polar surface area (TPSA) is 68.2 Å². The standard InChI is InChI=1S/C20H30N4O2/c1-16(14-26-18-8-6-17(7-9-18)20(2,3)4)23-19(25)22-10-5-12-24-13-11-21-15-24/h6-9,11,13,15-16H,5,10,12,14H2,1-4H3,(H2,22,23,25). The highest BCUT2D eigenvalue weighted by Crippen LogP contribution is 2.24. The van der Waals surface area contributed by atoms with Crippen LogP contribution in [0.15, 0.2) is 43.0 Å². The molecule has 0 aliphatic rings. The molecule has 0 aliphatic carbocycles. The van der Waals surface area contributed by atoms with Crippen molar-refractivity contribution in [2.24, 2.45) is 0 Å². The molecule has 1 unspecified atom stereocenters. The van der Waals surface area contributed by atoms with Crippen molar-refractivity contribution in [1.82, 2.24) is 20.2 Å². The van der Waals surface area contributed by atoms with Crippen molar-refractivity contribution in [3.63, 3.8) is 0 Å². The lowest BCUT2D eigenvalue weighted by Crippen LogP contribution is -2.43. The van der Waals surface area contributed by atoms with E-state index < -0.39 is 0 Å². The van der Waals surface area contributed by atoms with E-state index in [0.717, 1.165) is 18.7 Å². The Kier molecular flexibility index (Phi) is 7.06. The largest absolute Gasteiger partial charge is 0.491 e. The van der Waals surface area contributed by atoms with Gasteiger partial charge in [-0.2, -0.15) is 0 Å². The van der Waals surface area contributed by atoms with Gasteiger partial charge in [0.2, 0.25) is 0 Å². The van der Waals surface area contributed by atoms with Gasteiger partial charge in [-0.3, -0.25) is 0 Å². The van der Waals surface area contributed by atoms with Gasteiger partial charge in [0.1, 0.15) is 12.4 Å². The molecule has 26 heavy (non-hydrogen) atoms. The van der Waals surface area contributed by atoms with E-state index >= 15 is 0 Å². The Hall–Kier alpha value is -2.50. The third-order valence-corrected chi connectivity index (χ3v) is 4.04. The number of amides is 2. The Bertz CT molecular complexity index is 660. The minimum absolute atomic E-state index is 0.0778. The number of rotatable bonds is 8. The predicted molar refractivity (Wildman–Crippen MR) is 103 cm³/mol. The Labute approximate surface area is 156 Å². The Morgan fingerprint density at radius 3 is 2.62 bits per heavy atom. The van der Waals surface area contributed by atoms with Crippen molar-refractivity contribution in [2.75, 3.05) is 13.2 Å². The number of imidazole rings is 1. The fraction of sp³-hybridized carbons (Fsp3) is 0.500. The van der Waals surface area contributed by atoms with Gasteiger partial charge in [0, 0.05) is 25.5 Å². The maximum atomic E-state index is 11.9. The zero-order valence-electron chi connectivity index (χ0n) is 16.2. The number of aromatic nitrogens is 2. The summed E-state index contributed by atoms with van der Waals surface area (Å²) in [5.41, 5.74) is 1.40. The van der Waals surface area contributed by atoms with E-state index in [1.807, 2.05) is 29.8 Å². The molecule has 0 bridgehead atoms. The zero-order chi connectivity index (χ0) is 19.0. The fourth-order valence-corrected chi connectivity index (χ4v) is 2.47. The molecule has 0 radical (unpaired) electrons. The average molecular weight is 358 g/mol. The van der Waals surface area contributed by atoms with E-state index in [2.05, 4.69) is 48.5 Å². The van der Waals surface area contributed by atoms with Crippen molar-refractivity contribution in [2.45, 2.75) is 52.1 Å². The van der Waals surface area contributed by atoms with Crippen LogP contribution in [0.4, 0.5) is 4.79 Å². The summed E-state index contributed by atoms with van der Waals surface area (Å²) in [6.07, 6.45) is 6.29. The highest BCUT2D eigenvalue weighted by atomic mass is 16.5. The summed E-state index contributed by atoms with van der Waals surface area (Å²) in [6, 6.07) is 7.87. The number of ether oxygens (including phenoxy) is 1. The highest BCUT2D eigenvalue weighted by molar-refractivity contribution is 5.74. The molecular weight excluding hydrogens is 328 g/mol. The number of hydrogen-bond donors (Lipinski definition) is 2. The van der Waals surface area contributed by atoms with Crippen LogP contribution in [-0.4, -0.2) is 34.8 Å². The Morgan fingerprint density at radius 1 is 1.27 bits per heavy atom. The van der Waals surface area contributed by atoms with Gasteiger partial charge in [0.05, 0.1) is 12.4 Å². The van der Waals surface area contributed by atoms with Crippen molar-refractivity contribution >= 4 is 6.03 Å². The first-order chi connectivity index (χ1) is 12.3. The van der Waals surface area contributed by atoms with Crippen LogP contribution in [0.2, 0.25) is 0 Å². The van der Waals surface area contributed by atoms with Crippen LogP contribution in [0.3, 0.4) is 0 Å². The molecule has 1 atom stereocenters. The molecule has 1 aromatic carbocycles. The van der Waals surface area contributed by atoms with Crippen LogP contribution in [0, 0.1) is 0 Å². The quantitative estimate of drug-likeness (QED) is 0.711. The van der Waals surface area contributed by atoms with Gasteiger partial charge >= 0.3 is 6.03 Å². The summed E-state index contributed by atoms with van der Waals surface area (Å²) in [7, 11) is 0. The van der Waals surface area contributed by atoms with Gasteiger partial charge < -0.3 is 19.9 Å². The molecule has 1 heterocycles. The van der Waals surface area contributed by atoms with Crippen molar-refractivity contribution in [3.05, 3.63) is 48.5 Å². The third kappa shape index (κ3) is 6.78. The molecular formula is C20H30N4O2. The van der Waals surface area contributed by atoms with Gasteiger partial charge in [-0.25, -0.2) is 9.78 Å². The van der Waals surface area contributed by atoms with E-state index in [1.54, 1.807) is 12.5 Å². The highest BCUT2D eigenvalue weighted by Gasteiger charge is 2.13. The first kappa shape index (κ1) is 19.8. The van der Waals surface area contributed by atoms with Gasteiger partial charge in [0.15, 0.2) is 0 Å². The second-order valence-electron chi connectivity index (χ2n) is 7.54. The number of carbonyl (C=O) groups excluding carboxylic acids is 1. The minimum Gasteiger partial charge on any atom is -0.491 e. The molecule has 0 spiro atoms. The van der Waals surface area contributed by atoms with Crippen LogP contribution < -0.4 is 15.4 Å². The second-order valence-corrected chi connectivity index (χ2v) is 7.54. The second kappa shape index (κ2) is 9.27. The summed E-state index contributed by atoms with van der Waals surface area (Å²) in [5.74, 6) is 0.812. The molecule has 0 aliphatic heterocycles. The molecule has 0 fully saturated rings. The predicted octanol–water partition coefficient (Wildman–Crippen LogP) is 3.34. The molecule has 2 amide bonds. The maximum absolute atomic E-state index is 11.9.